The van der Waals surface area contributed by atoms with Gasteiger partial charge in [-0.1, -0.05) is 38.0 Å². The summed E-state index contributed by atoms with van der Waals surface area (Å²) in [6, 6.07) is 14.1. The van der Waals surface area contributed by atoms with E-state index in [9.17, 15) is 9.59 Å². The molecule has 2 amide bonds. The summed E-state index contributed by atoms with van der Waals surface area (Å²) in [4.78, 5) is 28.6. The SMILES string of the molecule is Cc1nn(-c2ccccc2)c(-n2cccc2)c1C(=O)N1CCC(C(=O)N[C@@H]2CCCC[C@@H]2C)CC1. The number of hydrogen-bond donors (Lipinski definition) is 1. The average molecular weight is 474 g/mol. The first-order valence-corrected chi connectivity index (χ1v) is 12.9. The molecule has 2 aliphatic rings. The number of aromatic nitrogens is 3. The molecule has 2 fully saturated rings. The van der Waals surface area contributed by atoms with Gasteiger partial charge in [-0.3, -0.25) is 9.59 Å². The highest BCUT2D eigenvalue weighted by Crippen LogP contribution is 2.28. The lowest BCUT2D eigenvalue weighted by Crippen LogP contribution is -2.47. The smallest absolute Gasteiger partial charge is 0.259 e. The molecule has 0 bridgehead atoms. The molecule has 5 rings (SSSR count). The molecule has 184 valence electrons. The molecule has 0 radical (unpaired) electrons. The highest BCUT2D eigenvalue weighted by Gasteiger charge is 2.33. The topological polar surface area (TPSA) is 72.2 Å². The molecular weight excluding hydrogens is 438 g/mol. The number of benzene rings is 1. The summed E-state index contributed by atoms with van der Waals surface area (Å²) in [5.74, 6) is 1.41. The fourth-order valence-electron chi connectivity index (χ4n) is 5.56. The summed E-state index contributed by atoms with van der Waals surface area (Å²) >= 11 is 0. The van der Waals surface area contributed by atoms with E-state index in [4.69, 9.17) is 5.10 Å². The van der Waals surface area contributed by atoms with Crippen molar-refractivity contribution in [1.82, 2.24) is 24.6 Å². The summed E-state index contributed by atoms with van der Waals surface area (Å²) in [5, 5.41) is 8.07. The molecule has 3 aromatic rings. The first kappa shape index (κ1) is 23.4. The normalized spacial score (nSPS) is 21.1. The van der Waals surface area contributed by atoms with Crippen LogP contribution in [0.2, 0.25) is 0 Å². The maximum absolute atomic E-state index is 13.8. The Labute approximate surface area is 207 Å². The molecule has 1 saturated heterocycles. The highest BCUT2D eigenvalue weighted by atomic mass is 16.2. The molecule has 1 aliphatic carbocycles. The van der Waals surface area contributed by atoms with Crippen molar-refractivity contribution in [2.75, 3.05) is 13.1 Å². The Bertz CT molecular complexity index is 1160. The predicted molar refractivity (Wildman–Crippen MR) is 136 cm³/mol. The van der Waals surface area contributed by atoms with Crippen LogP contribution in [-0.4, -0.2) is 50.2 Å². The molecule has 1 saturated carbocycles. The maximum Gasteiger partial charge on any atom is 0.259 e. The lowest BCUT2D eigenvalue weighted by Gasteiger charge is -2.34. The molecule has 0 spiro atoms. The van der Waals surface area contributed by atoms with E-state index in [0.29, 0.717) is 49.1 Å². The van der Waals surface area contributed by atoms with E-state index in [2.05, 4.69) is 12.2 Å². The number of likely N-dealkylation sites (tertiary alicyclic amines) is 1. The van der Waals surface area contributed by atoms with Crippen LogP contribution in [-0.2, 0) is 4.79 Å². The Morgan fingerprint density at radius 3 is 2.31 bits per heavy atom. The van der Waals surface area contributed by atoms with Gasteiger partial charge in [0.25, 0.3) is 5.91 Å². The Hall–Kier alpha value is -3.35. The zero-order valence-corrected chi connectivity index (χ0v) is 20.7. The molecule has 3 heterocycles. The quantitative estimate of drug-likeness (QED) is 0.592. The minimum Gasteiger partial charge on any atom is -0.353 e. The van der Waals surface area contributed by atoms with Gasteiger partial charge >= 0.3 is 0 Å². The maximum atomic E-state index is 13.8. The van der Waals surface area contributed by atoms with Crippen molar-refractivity contribution in [2.45, 2.75) is 58.4 Å². The van der Waals surface area contributed by atoms with Gasteiger partial charge in [0.05, 0.1) is 11.4 Å². The van der Waals surface area contributed by atoms with Gasteiger partial charge in [-0.2, -0.15) is 5.10 Å². The van der Waals surface area contributed by atoms with Crippen LogP contribution in [0.15, 0.2) is 54.9 Å². The third kappa shape index (κ3) is 4.77. The minimum absolute atomic E-state index is 0.0202. The molecule has 2 aromatic heterocycles. The molecular formula is C28H35N5O2. The zero-order chi connectivity index (χ0) is 24.4. The van der Waals surface area contributed by atoms with Gasteiger partial charge < -0.3 is 14.8 Å². The number of nitrogens with zero attached hydrogens (tertiary/aromatic N) is 4. The number of para-hydroxylation sites is 1. The third-order valence-corrected chi connectivity index (χ3v) is 7.69. The van der Waals surface area contributed by atoms with Gasteiger partial charge in [0.1, 0.15) is 5.56 Å². The van der Waals surface area contributed by atoms with E-state index >= 15 is 0 Å². The summed E-state index contributed by atoms with van der Waals surface area (Å²) in [6.45, 7) is 5.30. The fourth-order valence-corrected chi connectivity index (χ4v) is 5.56. The minimum atomic E-state index is -0.0229. The highest BCUT2D eigenvalue weighted by molar-refractivity contribution is 5.99. The van der Waals surface area contributed by atoms with Crippen LogP contribution in [0.3, 0.4) is 0 Å². The van der Waals surface area contributed by atoms with Crippen LogP contribution in [0, 0.1) is 18.8 Å². The van der Waals surface area contributed by atoms with E-state index < -0.39 is 0 Å². The Kier molecular flexibility index (Phi) is 6.75. The lowest BCUT2D eigenvalue weighted by atomic mass is 9.85. The van der Waals surface area contributed by atoms with Crippen LogP contribution in [0.5, 0.6) is 0 Å². The van der Waals surface area contributed by atoms with Crippen molar-refractivity contribution in [3.63, 3.8) is 0 Å². The van der Waals surface area contributed by atoms with Gasteiger partial charge in [0, 0.05) is 37.4 Å². The van der Waals surface area contributed by atoms with Crippen LogP contribution in [0.1, 0.15) is 61.5 Å². The molecule has 1 N–H and O–H groups in total. The van der Waals surface area contributed by atoms with Gasteiger partial charge in [-0.05, 0) is 62.8 Å². The van der Waals surface area contributed by atoms with E-state index in [1.54, 1.807) is 0 Å². The molecule has 1 aliphatic heterocycles. The van der Waals surface area contributed by atoms with Crippen LogP contribution in [0.4, 0.5) is 0 Å². The fraction of sp³-hybridized carbons (Fsp3) is 0.464. The number of carbonyl (C=O) groups excluding carboxylic acids is 2. The number of carbonyl (C=O) groups is 2. The van der Waals surface area contributed by atoms with Crippen molar-refractivity contribution in [3.05, 3.63) is 66.1 Å². The number of hydrogen-bond acceptors (Lipinski definition) is 3. The van der Waals surface area contributed by atoms with Gasteiger partial charge in [0.2, 0.25) is 5.91 Å². The van der Waals surface area contributed by atoms with Crippen LogP contribution >= 0.6 is 0 Å². The van der Waals surface area contributed by atoms with Gasteiger partial charge in [0.15, 0.2) is 5.82 Å². The second-order valence-electron chi connectivity index (χ2n) is 10.1. The molecule has 35 heavy (non-hydrogen) atoms. The number of rotatable bonds is 5. The second-order valence-corrected chi connectivity index (χ2v) is 10.1. The summed E-state index contributed by atoms with van der Waals surface area (Å²) in [5.41, 5.74) is 2.23. The van der Waals surface area contributed by atoms with Crippen LogP contribution in [0.25, 0.3) is 11.5 Å². The van der Waals surface area contributed by atoms with E-state index in [-0.39, 0.29) is 17.7 Å². The summed E-state index contributed by atoms with van der Waals surface area (Å²) in [6.07, 6.45) is 10.0. The van der Waals surface area contributed by atoms with Crippen molar-refractivity contribution in [2.24, 2.45) is 11.8 Å². The summed E-state index contributed by atoms with van der Waals surface area (Å²) < 4.78 is 3.79. The van der Waals surface area contributed by atoms with Crippen LogP contribution < -0.4 is 5.32 Å². The molecule has 7 nitrogen and oxygen atoms in total. The van der Waals surface area contributed by atoms with E-state index in [0.717, 1.165) is 17.9 Å². The Balaban J connectivity index is 1.32. The first-order chi connectivity index (χ1) is 17.0. The lowest BCUT2D eigenvalue weighted by molar-refractivity contribution is -0.127. The van der Waals surface area contributed by atoms with Crippen molar-refractivity contribution >= 4 is 11.8 Å². The summed E-state index contributed by atoms with van der Waals surface area (Å²) in [7, 11) is 0. The molecule has 0 unspecified atom stereocenters. The van der Waals surface area contributed by atoms with Crippen molar-refractivity contribution in [3.8, 4) is 11.5 Å². The van der Waals surface area contributed by atoms with E-state index in [1.807, 2.05) is 75.9 Å². The molecule has 1 aromatic carbocycles. The average Bonchev–Trinajstić information content (AvgIpc) is 3.53. The number of amides is 2. The third-order valence-electron chi connectivity index (χ3n) is 7.69. The van der Waals surface area contributed by atoms with Gasteiger partial charge in [-0.25, -0.2) is 4.68 Å². The van der Waals surface area contributed by atoms with Crippen molar-refractivity contribution < 1.29 is 9.59 Å². The van der Waals surface area contributed by atoms with Gasteiger partial charge in [-0.15, -0.1) is 0 Å². The monoisotopic (exact) mass is 473 g/mol. The Morgan fingerprint density at radius 2 is 1.63 bits per heavy atom. The zero-order valence-electron chi connectivity index (χ0n) is 20.7. The number of piperidine rings is 1. The van der Waals surface area contributed by atoms with E-state index in [1.165, 1.54) is 19.3 Å². The number of nitrogens with one attached hydrogen (secondary N) is 1. The number of aryl methyl sites for hydroxylation is 1. The second kappa shape index (κ2) is 10.1. The first-order valence-electron chi connectivity index (χ1n) is 12.9. The standard InChI is InChI=1S/C28H35N5O2/c1-20-10-6-7-13-24(20)29-26(34)22-14-18-32(19-15-22)28(35)25-21(2)30-33(23-11-4-3-5-12-23)27(25)31-16-8-9-17-31/h3-5,8-9,11-12,16-17,20,22,24H,6-7,10,13-15,18-19H2,1-2H3,(H,29,34)/t20-,24+/m0/s1. The Morgan fingerprint density at radius 1 is 0.943 bits per heavy atom. The van der Waals surface area contributed by atoms with Crippen molar-refractivity contribution in [1.29, 1.82) is 0 Å². The molecule has 7 heteroatoms. The largest absolute Gasteiger partial charge is 0.353 e. The predicted octanol–water partition coefficient (Wildman–Crippen LogP) is 4.52. The molecule has 2 atom stereocenters.